The second-order valence-corrected chi connectivity index (χ2v) is 31.0. The van der Waals surface area contributed by atoms with Crippen LogP contribution in [0, 0.1) is 0 Å². The van der Waals surface area contributed by atoms with Gasteiger partial charge in [0, 0.05) is 87.7 Å². The molecule has 5 nitrogen and oxygen atoms in total. The lowest BCUT2D eigenvalue weighted by Gasteiger charge is -2.50. The molecule has 0 atom stereocenters. The van der Waals surface area contributed by atoms with Crippen molar-refractivity contribution in [3.05, 3.63) is 303 Å². The van der Waals surface area contributed by atoms with E-state index in [9.17, 15) is 0 Å². The summed E-state index contributed by atoms with van der Waals surface area (Å²) < 4.78 is 12.4. The minimum Gasteiger partial charge on any atom is -0.453 e. The summed E-state index contributed by atoms with van der Waals surface area (Å²) in [5.74, 6) is 1.75. The average Bonchev–Trinajstić information content (AvgIpc) is 1.09. The van der Waals surface area contributed by atoms with Crippen molar-refractivity contribution >= 4 is 185 Å². The summed E-state index contributed by atoms with van der Waals surface area (Å²) in [5.41, 5.74) is 25.2. The minimum absolute atomic E-state index is 0.122. The molecule has 0 saturated heterocycles. The summed E-state index contributed by atoms with van der Waals surface area (Å²) in [4.78, 5) is 5.25. The molecule has 8 heterocycles. The van der Waals surface area contributed by atoms with Crippen LogP contribution in [0.25, 0.3) is 120 Å². The summed E-state index contributed by atoms with van der Waals surface area (Å²) in [6.45, 7) is -0.244. The van der Waals surface area contributed by atoms with E-state index >= 15 is 0 Å². The molecule has 18 aromatic rings. The molecule has 2 aromatic heterocycles. The van der Waals surface area contributed by atoms with Gasteiger partial charge in [0.1, 0.15) is 0 Å². The minimum atomic E-state index is -3.01. The van der Waals surface area contributed by atoms with Crippen LogP contribution in [0.5, 0.6) is 11.5 Å². The lowest BCUT2D eigenvalue weighted by atomic mass is 9.44. The Morgan fingerprint density at radius 1 is 0.271 bits per heavy atom. The van der Waals surface area contributed by atoms with Gasteiger partial charge < -0.3 is 23.5 Å². The molecule has 0 bridgehead atoms. The third-order valence-electron chi connectivity index (χ3n) is 23.0. The smallest absolute Gasteiger partial charge is 0.333 e. The van der Waals surface area contributed by atoms with Crippen LogP contribution in [-0.2, 0) is 0 Å². The first kappa shape index (κ1) is 50.5. The Labute approximate surface area is 553 Å². The van der Waals surface area contributed by atoms with Crippen molar-refractivity contribution in [3.63, 3.8) is 0 Å². The maximum atomic E-state index is 6.89. The molecule has 0 N–H and O–H groups in total. The summed E-state index contributed by atoms with van der Waals surface area (Å²) in [5, 5.41) is 20.7. The number of fused-ring (bicyclic) bond motifs is 26. The Hall–Kier alpha value is -12.1. The van der Waals surface area contributed by atoms with Gasteiger partial charge in [-0.3, -0.25) is 0 Å². The van der Waals surface area contributed by atoms with Crippen molar-refractivity contribution in [1.29, 1.82) is 0 Å². The Morgan fingerprint density at radius 2 is 0.729 bits per heavy atom. The van der Waals surface area contributed by atoms with Crippen LogP contribution >= 0.6 is 0 Å². The van der Waals surface area contributed by atoms with Gasteiger partial charge >= 0.3 is 13.7 Å². The highest BCUT2D eigenvalue weighted by Gasteiger charge is 2.54. The highest BCUT2D eigenvalue weighted by atomic mass is 28.3. The number of hydrogen-bond donors (Lipinski definition) is 0. The molecular weight excluding hydrogens is 1180 g/mol. The number of ether oxygens (including phenoxy) is 1. The molecule has 6 aliphatic heterocycles. The zero-order valence-electron chi connectivity index (χ0n) is 51.7. The first-order chi connectivity index (χ1) is 47.7. The van der Waals surface area contributed by atoms with Gasteiger partial charge in [-0.15, -0.1) is 0 Å². The van der Waals surface area contributed by atoms with E-state index in [-0.39, 0.29) is 13.7 Å². The third kappa shape index (κ3) is 5.96. The van der Waals surface area contributed by atoms with Gasteiger partial charge in [0.2, 0.25) is 0 Å². The molecule has 6 aliphatic rings. The fraction of sp³-hybridized carbons (Fsp3) is 0. The van der Waals surface area contributed by atoms with Crippen molar-refractivity contribution in [2.45, 2.75) is 0 Å². The molecule has 16 aromatic carbocycles. The first-order valence-electron chi connectivity index (χ1n) is 33.6. The molecule has 0 radical (unpaired) electrons. The van der Waals surface area contributed by atoms with Gasteiger partial charge in [-0.05, 0) is 135 Å². The number of nitrogens with zero attached hydrogens (tertiary/aromatic N) is 4. The number of anilines is 6. The molecule has 438 valence electrons. The van der Waals surface area contributed by atoms with E-state index in [2.05, 4.69) is 322 Å². The van der Waals surface area contributed by atoms with E-state index < -0.39 is 8.07 Å². The molecular formula is C88H50B2N4OSi. The Balaban J connectivity index is 0.756. The van der Waals surface area contributed by atoms with Gasteiger partial charge in [0.05, 0.1) is 22.7 Å². The van der Waals surface area contributed by atoms with Crippen LogP contribution in [0.15, 0.2) is 303 Å². The topological polar surface area (TPSA) is 25.6 Å². The van der Waals surface area contributed by atoms with E-state index in [1.165, 1.54) is 185 Å². The first-order valence-corrected chi connectivity index (χ1v) is 35.6. The number of rotatable bonds is 3. The normalized spacial score (nSPS) is 14.3. The standard InChI is InChI=1S/C88H50B2N4OSi/c1-3-21-57(22-4-1)96(58-23-5-2-6-24-58)77-37-14-12-34-74(77)92-86-62-44-41-53(48-56(62)50-70-66-30-16-27-63-67-45-39-51-19-7-9-25-59(51)81(67)93(84(63)66)90(80(70)86)72-32-18-38-78(96)88(72)92)52-40-43-61-55(47-52)42-46-68-64-28-15-29-65-69-49-54-20-8-10-26-60(54)85-79(69)89(94(82(61)68)83(64)65)71-31-17-36-76-87(71)91(85)73-33-11-13-35-75(73)95-76/h1-50H. The maximum Gasteiger partial charge on any atom is 0.333 e. The second kappa shape index (κ2) is 17.8. The molecule has 0 aliphatic carbocycles. The van der Waals surface area contributed by atoms with Crippen molar-refractivity contribution in [2.75, 3.05) is 9.80 Å². The SMILES string of the molecule is c1ccc([Si]2(c3ccccc3)c3ccccc3N3c4c(cccc42)B2c4c(cc5cc(-c6ccc7c(ccc8c9cccc%10c9n(c78)B7c8cccc9c8N(c8ccccc8O9)c8c7c-%10cc7ccccc87)c6)ccc5c43)-c3cccc4c5ccc6ccccc6c5n2c34)cc1. The molecule has 96 heavy (non-hydrogen) atoms. The van der Waals surface area contributed by atoms with Gasteiger partial charge in [0.15, 0.2) is 19.6 Å². The quantitative estimate of drug-likeness (QED) is 0.165. The Kier molecular flexibility index (Phi) is 9.34. The number of aromatic nitrogens is 2. The Morgan fingerprint density at radius 3 is 1.44 bits per heavy atom. The fourth-order valence-corrected chi connectivity index (χ4v) is 24.6. The molecule has 0 saturated carbocycles. The van der Waals surface area contributed by atoms with Crippen molar-refractivity contribution in [1.82, 2.24) is 8.96 Å². The average molecular weight is 1230 g/mol. The lowest BCUT2D eigenvalue weighted by molar-refractivity contribution is 0.477. The summed E-state index contributed by atoms with van der Waals surface area (Å²) in [7, 11) is -3.01. The van der Waals surface area contributed by atoms with E-state index in [1.54, 1.807) is 0 Å². The zero-order valence-corrected chi connectivity index (χ0v) is 52.7. The van der Waals surface area contributed by atoms with Crippen LogP contribution in [0.4, 0.5) is 34.1 Å². The van der Waals surface area contributed by atoms with Gasteiger partial charge in [0.25, 0.3) is 0 Å². The van der Waals surface area contributed by atoms with Crippen LogP contribution in [0.2, 0.25) is 0 Å². The third-order valence-corrected chi connectivity index (χ3v) is 27.8. The number of benzene rings is 16. The summed E-state index contributed by atoms with van der Waals surface area (Å²) in [6, 6.07) is 116. The van der Waals surface area contributed by atoms with Gasteiger partial charge in [-0.25, -0.2) is 0 Å². The van der Waals surface area contributed by atoms with Crippen LogP contribution < -0.4 is 57.1 Å². The zero-order chi connectivity index (χ0) is 62.0. The van der Waals surface area contributed by atoms with Gasteiger partial charge in [-0.2, -0.15) is 0 Å². The van der Waals surface area contributed by atoms with Gasteiger partial charge in [-0.1, -0.05) is 255 Å². The predicted octanol–water partition coefficient (Wildman–Crippen LogP) is 16.8. The monoisotopic (exact) mass is 1230 g/mol. The lowest BCUT2D eigenvalue weighted by Crippen LogP contribution is -2.78. The van der Waals surface area contributed by atoms with Crippen LogP contribution in [-0.4, -0.2) is 30.7 Å². The predicted molar refractivity (Wildman–Crippen MR) is 406 cm³/mol. The van der Waals surface area contributed by atoms with E-state index in [4.69, 9.17) is 4.74 Å². The molecule has 0 amide bonds. The van der Waals surface area contributed by atoms with E-state index in [1.807, 2.05) is 0 Å². The van der Waals surface area contributed by atoms with E-state index in [0.29, 0.717) is 0 Å². The summed E-state index contributed by atoms with van der Waals surface area (Å²) in [6.07, 6.45) is 0. The van der Waals surface area contributed by atoms with Crippen molar-refractivity contribution in [2.24, 2.45) is 0 Å². The number of hydrogen-bond acceptors (Lipinski definition) is 3. The molecule has 0 spiro atoms. The van der Waals surface area contributed by atoms with Crippen molar-refractivity contribution in [3.8, 4) is 44.9 Å². The second-order valence-electron chi connectivity index (χ2n) is 27.2. The maximum absolute atomic E-state index is 6.89. The van der Waals surface area contributed by atoms with Crippen molar-refractivity contribution < 1.29 is 4.74 Å². The molecule has 24 rings (SSSR count). The number of para-hydroxylation sites is 7. The van der Waals surface area contributed by atoms with Crippen LogP contribution in [0.3, 0.4) is 0 Å². The molecule has 0 fully saturated rings. The molecule has 0 unspecified atom stereocenters. The summed E-state index contributed by atoms with van der Waals surface area (Å²) >= 11 is 0. The highest BCUT2D eigenvalue weighted by Crippen LogP contribution is 2.56. The van der Waals surface area contributed by atoms with Crippen LogP contribution in [0.1, 0.15) is 0 Å². The molecule has 8 heteroatoms. The largest absolute Gasteiger partial charge is 0.453 e. The van der Waals surface area contributed by atoms with E-state index in [0.717, 1.165) is 22.9 Å². The fourth-order valence-electron chi connectivity index (χ4n) is 19.4. The highest BCUT2D eigenvalue weighted by molar-refractivity contribution is 7.22. The Bertz CT molecular complexity index is 6630.